The molecule has 0 heterocycles. The summed E-state index contributed by atoms with van der Waals surface area (Å²) in [6.45, 7) is 3.45. The largest absolute Gasteiger partial charge is 0.495 e. The molecule has 168 valence electrons. The summed E-state index contributed by atoms with van der Waals surface area (Å²) in [7, 11) is -2.35. The number of hydrogen-bond acceptors (Lipinski definition) is 4. The lowest BCUT2D eigenvalue weighted by Gasteiger charge is -2.30. The summed E-state index contributed by atoms with van der Waals surface area (Å²) in [5, 5.41) is 3.31. The molecule has 0 radical (unpaired) electrons. The predicted octanol–water partition coefficient (Wildman–Crippen LogP) is 4.26. The van der Waals surface area contributed by atoms with Crippen molar-refractivity contribution in [2.75, 3.05) is 17.7 Å². The molecular formula is C23H29ClN2O4S. The number of ether oxygens (including phenoxy) is 1. The lowest BCUT2D eigenvalue weighted by molar-refractivity contribution is -0.122. The van der Waals surface area contributed by atoms with Gasteiger partial charge in [-0.25, -0.2) is 8.42 Å². The van der Waals surface area contributed by atoms with Crippen LogP contribution in [0.3, 0.4) is 0 Å². The van der Waals surface area contributed by atoms with Crippen LogP contribution in [0.2, 0.25) is 5.02 Å². The molecule has 0 saturated carbocycles. The minimum Gasteiger partial charge on any atom is -0.495 e. The summed E-state index contributed by atoms with van der Waals surface area (Å²) in [6, 6.07) is 9.73. The fourth-order valence-corrected chi connectivity index (χ4v) is 5.39. The molecule has 1 aliphatic rings. The normalized spacial score (nSPS) is 15.5. The summed E-state index contributed by atoms with van der Waals surface area (Å²) in [5.41, 5.74) is 3.94. The molecule has 0 bridgehead atoms. The van der Waals surface area contributed by atoms with Gasteiger partial charge >= 0.3 is 0 Å². The van der Waals surface area contributed by atoms with Gasteiger partial charge in [-0.1, -0.05) is 29.8 Å². The van der Waals surface area contributed by atoms with Gasteiger partial charge in [0.25, 0.3) is 0 Å². The molecule has 2 aromatic rings. The lowest BCUT2D eigenvalue weighted by Crippen LogP contribution is -2.48. The summed E-state index contributed by atoms with van der Waals surface area (Å²) >= 11 is 6.10. The van der Waals surface area contributed by atoms with Crippen molar-refractivity contribution in [1.29, 1.82) is 0 Å². The number of fused-ring (bicyclic) bond motifs is 1. The van der Waals surface area contributed by atoms with E-state index in [2.05, 4.69) is 17.4 Å². The van der Waals surface area contributed by atoms with Crippen LogP contribution in [0, 0.1) is 0 Å². The Kier molecular flexibility index (Phi) is 7.17. The van der Waals surface area contributed by atoms with Crippen LogP contribution in [0.5, 0.6) is 5.75 Å². The van der Waals surface area contributed by atoms with Gasteiger partial charge in [-0.05, 0) is 74.4 Å². The standard InChI is InChI=1S/C23H29ClN2O4S/c1-15(18-10-9-17-7-5-6-8-19(17)13-18)25-23(27)16(2)26(31(4,28)29)21-14-20(24)11-12-22(21)30-3/h9-16H,5-8H2,1-4H3,(H,25,27)/t15-,16+/m0/s1. The summed E-state index contributed by atoms with van der Waals surface area (Å²) in [4.78, 5) is 13.1. The first-order valence-corrected chi connectivity index (χ1v) is 12.6. The van der Waals surface area contributed by atoms with Crippen LogP contribution in [-0.2, 0) is 27.7 Å². The molecule has 8 heteroatoms. The Labute approximate surface area is 189 Å². The highest BCUT2D eigenvalue weighted by molar-refractivity contribution is 7.92. The number of carbonyl (C=O) groups excluding carboxylic acids is 1. The SMILES string of the molecule is COc1ccc(Cl)cc1N([C@H](C)C(=O)N[C@@H](C)c1ccc2c(c1)CCCC2)S(C)(=O)=O. The number of sulfonamides is 1. The number of carbonyl (C=O) groups is 1. The molecule has 0 aliphatic heterocycles. The van der Waals surface area contributed by atoms with Gasteiger partial charge in [0.05, 0.1) is 25.1 Å². The summed E-state index contributed by atoms with van der Waals surface area (Å²) in [6.07, 6.45) is 5.60. The van der Waals surface area contributed by atoms with Crippen LogP contribution in [0.4, 0.5) is 5.69 Å². The molecule has 0 fully saturated rings. The van der Waals surface area contributed by atoms with Crippen molar-refractivity contribution >= 4 is 33.2 Å². The highest BCUT2D eigenvalue weighted by Crippen LogP contribution is 2.34. The van der Waals surface area contributed by atoms with Crippen LogP contribution >= 0.6 is 11.6 Å². The smallest absolute Gasteiger partial charge is 0.244 e. The van der Waals surface area contributed by atoms with E-state index in [4.69, 9.17) is 16.3 Å². The fourth-order valence-electron chi connectivity index (χ4n) is 4.06. The summed E-state index contributed by atoms with van der Waals surface area (Å²) in [5.74, 6) is -0.0881. The zero-order chi connectivity index (χ0) is 22.8. The van der Waals surface area contributed by atoms with Gasteiger partial charge < -0.3 is 10.1 Å². The van der Waals surface area contributed by atoms with Crippen molar-refractivity contribution in [2.45, 2.75) is 51.6 Å². The molecule has 0 spiro atoms. The van der Waals surface area contributed by atoms with E-state index in [0.29, 0.717) is 10.8 Å². The Morgan fingerprint density at radius 1 is 1.10 bits per heavy atom. The minimum atomic E-state index is -3.79. The average Bonchev–Trinajstić information content (AvgIpc) is 2.72. The fraction of sp³-hybridized carbons (Fsp3) is 0.435. The van der Waals surface area contributed by atoms with Crippen LogP contribution in [0.1, 0.15) is 49.4 Å². The first-order valence-electron chi connectivity index (χ1n) is 10.4. The average molecular weight is 465 g/mol. The van der Waals surface area contributed by atoms with Gasteiger partial charge in [0.15, 0.2) is 0 Å². The number of nitrogens with one attached hydrogen (secondary N) is 1. The van der Waals surface area contributed by atoms with Gasteiger partial charge in [0, 0.05) is 5.02 Å². The van der Waals surface area contributed by atoms with E-state index in [1.807, 2.05) is 13.0 Å². The predicted molar refractivity (Wildman–Crippen MR) is 124 cm³/mol. The Morgan fingerprint density at radius 3 is 2.42 bits per heavy atom. The minimum absolute atomic E-state index is 0.224. The van der Waals surface area contributed by atoms with Crippen molar-refractivity contribution in [3.8, 4) is 5.75 Å². The third-order valence-corrected chi connectivity index (χ3v) is 7.16. The number of aryl methyl sites for hydroxylation is 2. The van der Waals surface area contributed by atoms with Crippen molar-refractivity contribution in [3.63, 3.8) is 0 Å². The molecule has 2 aromatic carbocycles. The molecule has 0 unspecified atom stereocenters. The number of methoxy groups -OCH3 is 1. The summed E-state index contributed by atoms with van der Waals surface area (Å²) < 4.78 is 31.6. The number of amides is 1. The highest BCUT2D eigenvalue weighted by atomic mass is 35.5. The van der Waals surface area contributed by atoms with E-state index in [9.17, 15) is 13.2 Å². The maximum atomic E-state index is 13.1. The topological polar surface area (TPSA) is 75.7 Å². The number of halogens is 1. The van der Waals surface area contributed by atoms with Gasteiger partial charge in [0.1, 0.15) is 11.8 Å². The second kappa shape index (κ2) is 9.49. The van der Waals surface area contributed by atoms with Crippen molar-refractivity contribution < 1.29 is 17.9 Å². The Morgan fingerprint density at radius 2 is 1.77 bits per heavy atom. The van der Waals surface area contributed by atoms with E-state index < -0.39 is 22.0 Å². The molecule has 0 aromatic heterocycles. The zero-order valence-electron chi connectivity index (χ0n) is 18.3. The number of nitrogens with zero attached hydrogens (tertiary/aromatic N) is 1. The maximum Gasteiger partial charge on any atom is 0.244 e. The van der Waals surface area contributed by atoms with E-state index in [-0.39, 0.29) is 11.7 Å². The second-order valence-electron chi connectivity index (χ2n) is 8.02. The number of benzene rings is 2. The number of rotatable bonds is 7. The molecule has 1 amide bonds. The highest BCUT2D eigenvalue weighted by Gasteiger charge is 2.32. The first kappa shape index (κ1) is 23.4. The first-order chi connectivity index (χ1) is 14.6. The maximum absolute atomic E-state index is 13.1. The quantitative estimate of drug-likeness (QED) is 0.664. The van der Waals surface area contributed by atoms with Gasteiger partial charge in [0.2, 0.25) is 15.9 Å². The van der Waals surface area contributed by atoms with Gasteiger partial charge in [-0.3, -0.25) is 9.10 Å². The van der Waals surface area contributed by atoms with Gasteiger partial charge in [-0.2, -0.15) is 0 Å². The molecule has 2 atom stereocenters. The van der Waals surface area contributed by atoms with Crippen molar-refractivity contribution in [2.24, 2.45) is 0 Å². The van der Waals surface area contributed by atoms with Crippen LogP contribution < -0.4 is 14.4 Å². The van der Waals surface area contributed by atoms with E-state index >= 15 is 0 Å². The molecule has 3 rings (SSSR count). The third kappa shape index (κ3) is 5.33. The molecule has 0 saturated heterocycles. The molecule has 31 heavy (non-hydrogen) atoms. The monoisotopic (exact) mass is 464 g/mol. The van der Waals surface area contributed by atoms with E-state index in [0.717, 1.165) is 29.0 Å². The van der Waals surface area contributed by atoms with Crippen LogP contribution in [0.15, 0.2) is 36.4 Å². The lowest BCUT2D eigenvalue weighted by atomic mass is 9.89. The van der Waals surface area contributed by atoms with Crippen molar-refractivity contribution in [1.82, 2.24) is 5.32 Å². The molecule has 1 N–H and O–H groups in total. The van der Waals surface area contributed by atoms with Gasteiger partial charge in [-0.15, -0.1) is 0 Å². The van der Waals surface area contributed by atoms with Crippen molar-refractivity contribution in [3.05, 3.63) is 58.1 Å². The Hall–Kier alpha value is -2.25. The molecular weight excluding hydrogens is 436 g/mol. The third-order valence-electron chi connectivity index (χ3n) is 5.70. The molecule has 1 aliphatic carbocycles. The Bertz CT molecular complexity index is 1070. The molecule has 6 nitrogen and oxygen atoms in total. The van der Waals surface area contributed by atoms with E-state index in [1.165, 1.54) is 37.1 Å². The second-order valence-corrected chi connectivity index (χ2v) is 10.3. The Balaban J connectivity index is 1.85. The number of hydrogen-bond donors (Lipinski definition) is 1. The van der Waals surface area contributed by atoms with E-state index in [1.54, 1.807) is 19.1 Å². The zero-order valence-corrected chi connectivity index (χ0v) is 19.9. The number of anilines is 1. The van der Waals surface area contributed by atoms with Crippen LogP contribution in [0.25, 0.3) is 0 Å². The van der Waals surface area contributed by atoms with Crippen LogP contribution in [-0.4, -0.2) is 33.7 Å².